The van der Waals surface area contributed by atoms with Crippen LogP contribution in [-0.4, -0.2) is 72.5 Å². The van der Waals surface area contributed by atoms with Gasteiger partial charge in [0.2, 0.25) is 5.96 Å². The average Bonchev–Trinajstić information content (AvgIpc) is 3.38. The van der Waals surface area contributed by atoms with Crippen LogP contribution in [0.3, 0.4) is 0 Å². The van der Waals surface area contributed by atoms with Crippen LogP contribution in [0.5, 0.6) is 0 Å². The summed E-state index contributed by atoms with van der Waals surface area (Å²) in [5, 5.41) is 13.4. The number of nitrogens with one attached hydrogen (secondary N) is 1. The lowest BCUT2D eigenvalue weighted by Crippen LogP contribution is -2.43. The molecule has 0 bridgehead atoms. The first-order valence-electron chi connectivity index (χ1n) is 14.2. The Morgan fingerprint density at radius 3 is 2.40 bits per heavy atom. The molecule has 2 N–H and O–H groups in total. The van der Waals surface area contributed by atoms with Crippen LogP contribution in [0.4, 0.5) is 15.3 Å². The minimum Gasteiger partial charge on any atom is -0.449 e. The Morgan fingerprint density at radius 2 is 1.63 bits per heavy atom. The molecule has 2 aliphatic heterocycles. The molecule has 0 saturated heterocycles. The second kappa shape index (κ2) is 14.7. The summed E-state index contributed by atoms with van der Waals surface area (Å²) in [6, 6.07) is 25.5. The van der Waals surface area contributed by atoms with Gasteiger partial charge in [0.15, 0.2) is 0 Å². The molecule has 3 aromatic carbocycles. The van der Waals surface area contributed by atoms with E-state index in [-0.39, 0.29) is 19.3 Å². The van der Waals surface area contributed by atoms with Gasteiger partial charge in [-0.1, -0.05) is 94.4 Å². The zero-order chi connectivity index (χ0) is 30.2. The van der Waals surface area contributed by atoms with E-state index in [1.807, 2.05) is 48.5 Å². The highest BCUT2D eigenvalue weighted by Crippen LogP contribution is 2.39. The minimum absolute atomic E-state index is 0.0214. The summed E-state index contributed by atoms with van der Waals surface area (Å²) < 4.78 is 10.8. The van der Waals surface area contributed by atoms with Gasteiger partial charge in [-0.3, -0.25) is 5.32 Å². The van der Waals surface area contributed by atoms with Gasteiger partial charge in [0.25, 0.3) is 0 Å². The number of hydrogen-bond donors (Lipinski definition) is 2. The van der Waals surface area contributed by atoms with Crippen LogP contribution >= 0.6 is 21.6 Å². The molecule has 2 amide bonds. The van der Waals surface area contributed by atoms with Gasteiger partial charge in [0.1, 0.15) is 13.2 Å². The molecule has 226 valence electrons. The van der Waals surface area contributed by atoms with Gasteiger partial charge in [-0.15, -0.1) is 0 Å². The van der Waals surface area contributed by atoms with Crippen LogP contribution in [0, 0.1) is 0 Å². The number of para-hydroxylation sites is 1. The van der Waals surface area contributed by atoms with Crippen molar-refractivity contribution in [2.45, 2.75) is 31.5 Å². The average molecular weight is 621 g/mol. The number of amides is 2. The number of hydrogen-bond acceptors (Lipinski definition) is 9. The highest BCUT2D eigenvalue weighted by Gasteiger charge is 2.36. The maximum atomic E-state index is 12.6. The number of benzene rings is 3. The summed E-state index contributed by atoms with van der Waals surface area (Å²) in [6.45, 7) is 2.80. The topological polar surface area (TPSA) is 104 Å². The molecule has 3 atom stereocenters. The van der Waals surface area contributed by atoms with Gasteiger partial charge < -0.3 is 24.4 Å². The summed E-state index contributed by atoms with van der Waals surface area (Å²) in [5.41, 5.74) is 5.47. The number of anilines is 1. The van der Waals surface area contributed by atoms with Gasteiger partial charge in [-0.25, -0.2) is 14.6 Å². The molecule has 0 spiro atoms. The third-order valence-corrected chi connectivity index (χ3v) is 9.92. The van der Waals surface area contributed by atoms with E-state index >= 15 is 0 Å². The molecule has 2 aliphatic rings. The predicted octanol–water partition coefficient (Wildman–Crippen LogP) is 5.81. The van der Waals surface area contributed by atoms with Crippen molar-refractivity contribution in [3.63, 3.8) is 0 Å². The van der Waals surface area contributed by atoms with Crippen molar-refractivity contribution in [3.8, 4) is 0 Å². The Balaban J connectivity index is 1.000. The second-order valence-electron chi connectivity index (χ2n) is 10.3. The van der Waals surface area contributed by atoms with Crippen molar-refractivity contribution >= 4 is 45.4 Å². The first kappa shape index (κ1) is 30.8. The van der Waals surface area contributed by atoms with Crippen LogP contribution in [-0.2, 0) is 15.9 Å². The summed E-state index contributed by atoms with van der Waals surface area (Å²) in [4.78, 5) is 33.2. The Kier molecular flexibility index (Phi) is 10.5. The number of ether oxygens (including phenoxy) is 2. The first-order valence-corrected chi connectivity index (χ1v) is 16.7. The van der Waals surface area contributed by atoms with Crippen molar-refractivity contribution in [1.82, 2.24) is 10.2 Å². The number of carbonyl (C=O) groups excluding carboxylic acids is 2. The van der Waals surface area contributed by atoms with Crippen LogP contribution in [0.1, 0.15) is 41.3 Å². The fourth-order valence-corrected chi connectivity index (χ4v) is 6.86. The molecule has 43 heavy (non-hydrogen) atoms. The van der Waals surface area contributed by atoms with E-state index in [0.29, 0.717) is 24.0 Å². The number of nitrogens with zero attached hydrogens (tertiary/aromatic N) is 3. The predicted molar refractivity (Wildman–Crippen MR) is 173 cm³/mol. The summed E-state index contributed by atoms with van der Waals surface area (Å²) in [5.74, 6) is 1.67. The van der Waals surface area contributed by atoms with Crippen LogP contribution in [0.25, 0.3) is 0 Å². The number of aliphatic imine (C=N–C) groups is 1. The number of fused-ring (bicyclic) bond motifs is 5. The molecule has 0 fully saturated rings. The van der Waals surface area contributed by atoms with Crippen molar-refractivity contribution in [1.29, 1.82) is 0 Å². The SMILES string of the molecule is C[C@@H]([C@@H](O)c1ccccc1)N(C)C(=O)OCCSSCCOC(=O)NC1=NCC2c3ccccc3Cc3ccccc3N12. The van der Waals surface area contributed by atoms with Gasteiger partial charge >= 0.3 is 12.2 Å². The lowest BCUT2D eigenvalue weighted by molar-refractivity contribution is 0.0533. The van der Waals surface area contributed by atoms with Gasteiger partial charge in [-0.2, -0.15) is 0 Å². The van der Waals surface area contributed by atoms with Gasteiger partial charge in [0.05, 0.1) is 24.7 Å². The maximum Gasteiger partial charge on any atom is 0.413 e. The Hall–Kier alpha value is -3.67. The lowest BCUT2D eigenvalue weighted by atomic mass is 9.97. The fraction of sp³-hybridized carbons (Fsp3) is 0.344. The van der Waals surface area contributed by atoms with Crippen molar-refractivity contribution < 1.29 is 24.2 Å². The molecule has 9 nitrogen and oxygen atoms in total. The van der Waals surface area contributed by atoms with E-state index in [2.05, 4.69) is 45.5 Å². The van der Waals surface area contributed by atoms with E-state index < -0.39 is 24.3 Å². The zero-order valence-corrected chi connectivity index (χ0v) is 25.9. The normalized spacial score (nSPS) is 16.5. The molecule has 5 rings (SSSR count). The third kappa shape index (κ3) is 7.46. The molecule has 0 radical (unpaired) electrons. The molecule has 11 heteroatoms. The van der Waals surface area contributed by atoms with Gasteiger partial charge in [0, 0.05) is 24.2 Å². The smallest absolute Gasteiger partial charge is 0.413 e. The number of likely N-dealkylation sites (N-methyl/N-ethyl adjacent to an activating group) is 1. The first-order chi connectivity index (χ1) is 20.9. The Labute approximate surface area is 260 Å². The standard InChI is InChI=1S/C32H36N4O5S2/c1-22(29(37)23-10-4-3-5-11-23)35(2)32(39)41-17-19-43-42-18-16-40-31(38)34-30-33-21-28-26-14-8-6-12-24(26)20-25-13-7-9-15-27(25)36(28)30/h3-15,22,28-29,37H,16-21H2,1-2H3,(H,33,34,38)/t22-,28?,29+/m0/s1. The molecular formula is C32H36N4O5S2. The van der Waals surface area contributed by atoms with Crippen LogP contribution in [0.2, 0.25) is 0 Å². The number of guanidine groups is 1. The molecule has 0 aliphatic carbocycles. The molecule has 0 saturated carbocycles. The molecule has 1 unspecified atom stereocenters. The molecular weight excluding hydrogens is 585 g/mol. The van der Waals surface area contributed by atoms with Crippen molar-refractivity contribution in [2.24, 2.45) is 4.99 Å². The lowest BCUT2D eigenvalue weighted by Gasteiger charge is -2.28. The Bertz CT molecular complexity index is 1440. The quantitative estimate of drug-likeness (QED) is 0.216. The highest BCUT2D eigenvalue weighted by atomic mass is 33.1. The van der Waals surface area contributed by atoms with Gasteiger partial charge in [-0.05, 0) is 41.7 Å². The van der Waals surface area contributed by atoms with Crippen molar-refractivity contribution in [3.05, 3.63) is 101 Å². The monoisotopic (exact) mass is 620 g/mol. The highest BCUT2D eigenvalue weighted by molar-refractivity contribution is 8.76. The number of aliphatic hydroxyl groups is 1. The fourth-order valence-electron chi connectivity index (χ4n) is 5.20. The number of alkyl carbamates (subject to hydrolysis) is 1. The van der Waals surface area contributed by atoms with Crippen LogP contribution < -0.4 is 10.2 Å². The van der Waals surface area contributed by atoms with E-state index in [9.17, 15) is 14.7 Å². The van der Waals surface area contributed by atoms with E-state index in [1.165, 1.54) is 43.2 Å². The number of carbonyl (C=O) groups is 2. The third-order valence-electron chi connectivity index (χ3n) is 7.59. The molecule has 3 aromatic rings. The maximum absolute atomic E-state index is 12.6. The van der Waals surface area contributed by atoms with E-state index in [4.69, 9.17) is 9.47 Å². The second-order valence-corrected chi connectivity index (χ2v) is 13.0. The van der Waals surface area contributed by atoms with Crippen molar-refractivity contribution in [2.75, 3.05) is 43.2 Å². The Morgan fingerprint density at radius 1 is 0.977 bits per heavy atom. The number of rotatable bonds is 10. The zero-order valence-electron chi connectivity index (χ0n) is 24.2. The number of aliphatic hydroxyl groups excluding tert-OH is 1. The summed E-state index contributed by atoms with van der Waals surface area (Å²) in [7, 11) is 4.69. The van der Waals surface area contributed by atoms with E-state index in [0.717, 1.165) is 17.7 Å². The molecule has 0 aromatic heterocycles. The largest absolute Gasteiger partial charge is 0.449 e. The van der Waals surface area contributed by atoms with E-state index in [1.54, 1.807) is 14.0 Å². The molecule has 2 heterocycles. The minimum atomic E-state index is -0.806. The van der Waals surface area contributed by atoms with Crippen LogP contribution in [0.15, 0.2) is 83.9 Å². The summed E-state index contributed by atoms with van der Waals surface area (Å²) >= 11 is 0. The summed E-state index contributed by atoms with van der Waals surface area (Å²) in [6.07, 6.45) is -0.998.